The zero-order chi connectivity index (χ0) is 11.8. The van der Waals surface area contributed by atoms with E-state index in [4.69, 9.17) is 5.11 Å². The van der Waals surface area contributed by atoms with Gasteiger partial charge in [0, 0.05) is 0 Å². The lowest BCUT2D eigenvalue weighted by molar-refractivity contribution is 0.0697. The summed E-state index contributed by atoms with van der Waals surface area (Å²) in [5.74, 6) is 0.825. The highest BCUT2D eigenvalue weighted by Gasteiger charge is 1.96. The molecule has 0 aromatic heterocycles. The first-order chi connectivity index (χ1) is 6.95. The molecule has 0 saturated carbocycles. The van der Waals surface area contributed by atoms with Gasteiger partial charge in [-0.1, -0.05) is 45.9 Å². The van der Waals surface area contributed by atoms with Crippen LogP contribution in [0.15, 0.2) is 30.3 Å². The molecule has 0 fully saturated rings. The molecule has 0 aliphatic carbocycles. The van der Waals surface area contributed by atoms with Gasteiger partial charge >= 0.3 is 5.97 Å². The number of carbonyl (C=O) groups is 1. The summed E-state index contributed by atoms with van der Waals surface area (Å²) in [6.45, 7) is 8.96. The standard InChI is InChI=1S/C7H6O2.C6H14/c8-7(9)6-4-2-1-3-5-6;1-5(2)6(3)4/h1-5H,(H,8,9);5-6H,1-4H3. The van der Waals surface area contributed by atoms with Gasteiger partial charge in [-0.15, -0.1) is 0 Å². The Balaban J connectivity index is 0.000000288. The molecule has 1 aromatic carbocycles. The van der Waals surface area contributed by atoms with E-state index in [1.54, 1.807) is 30.3 Å². The second-order valence-corrected chi connectivity index (χ2v) is 4.16. The van der Waals surface area contributed by atoms with Gasteiger partial charge in [0.05, 0.1) is 5.56 Å². The van der Waals surface area contributed by atoms with Crippen molar-refractivity contribution < 1.29 is 9.90 Å². The lowest BCUT2D eigenvalue weighted by Crippen LogP contribution is -1.95. The third kappa shape index (κ3) is 6.72. The SMILES string of the molecule is CC(C)C(C)C.O=C(O)c1ccccc1. The third-order valence-electron chi connectivity index (χ3n) is 2.35. The predicted octanol–water partition coefficient (Wildman–Crippen LogP) is 3.68. The molecule has 2 nitrogen and oxygen atoms in total. The molecule has 0 spiro atoms. The Hall–Kier alpha value is -1.31. The lowest BCUT2D eigenvalue weighted by atomic mass is 10.0. The second-order valence-electron chi connectivity index (χ2n) is 4.16. The number of benzene rings is 1. The largest absolute Gasteiger partial charge is 0.478 e. The van der Waals surface area contributed by atoms with E-state index < -0.39 is 5.97 Å². The molecule has 0 atom stereocenters. The highest BCUT2D eigenvalue weighted by molar-refractivity contribution is 5.87. The number of carboxylic acids is 1. The van der Waals surface area contributed by atoms with Gasteiger partial charge in [-0.2, -0.15) is 0 Å². The minimum atomic E-state index is -0.879. The average molecular weight is 208 g/mol. The van der Waals surface area contributed by atoms with E-state index in [0.29, 0.717) is 5.56 Å². The maximum Gasteiger partial charge on any atom is 0.335 e. The van der Waals surface area contributed by atoms with E-state index >= 15 is 0 Å². The van der Waals surface area contributed by atoms with E-state index in [0.717, 1.165) is 11.8 Å². The summed E-state index contributed by atoms with van der Waals surface area (Å²) in [7, 11) is 0. The minimum absolute atomic E-state index is 0.331. The van der Waals surface area contributed by atoms with Gasteiger partial charge in [-0.3, -0.25) is 0 Å². The van der Waals surface area contributed by atoms with E-state index in [9.17, 15) is 4.79 Å². The van der Waals surface area contributed by atoms with Crippen LogP contribution in [-0.2, 0) is 0 Å². The molecule has 1 N–H and O–H groups in total. The van der Waals surface area contributed by atoms with Crippen LogP contribution in [-0.4, -0.2) is 11.1 Å². The number of aromatic carboxylic acids is 1. The fourth-order valence-corrected chi connectivity index (χ4v) is 0.581. The summed E-state index contributed by atoms with van der Waals surface area (Å²) in [6, 6.07) is 8.30. The average Bonchev–Trinajstić information content (AvgIpc) is 2.20. The Kier molecular flexibility index (Phi) is 6.43. The first-order valence-corrected chi connectivity index (χ1v) is 5.23. The summed E-state index contributed by atoms with van der Waals surface area (Å²) >= 11 is 0. The normalized spacial score (nSPS) is 9.73. The smallest absolute Gasteiger partial charge is 0.335 e. The van der Waals surface area contributed by atoms with Crippen molar-refractivity contribution in [3.05, 3.63) is 35.9 Å². The van der Waals surface area contributed by atoms with Crippen LogP contribution in [0.4, 0.5) is 0 Å². The van der Waals surface area contributed by atoms with Crippen molar-refractivity contribution in [3.8, 4) is 0 Å². The first-order valence-electron chi connectivity index (χ1n) is 5.23. The van der Waals surface area contributed by atoms with Crippen molar-refractivity contribution in [2.45, 2.75) is 27.7 Å². The Morgan fingerprint density at radius 2 is 1.40 bits per heavy atom. The van der Waals surface area contributed by atoms with E-state index in [2.05, 4.69) is 27.7 Å². The summed E-state index contributed by atoms with van der Waals surface area (Å²) in [5, 5.41) is 8.38. The van der Waals surface area contributed by atoms with Crippen molar-refractivity contribution in [1.82, 2.24) is 0 Å². The van der Waals surface area contributed by atoms with Crippen molar-refractivity contribution in [2.24, 2.45) is 11.8 Å². The molecular formula is C13H20O2. The molecule has 15 heavy (non-hydrogen) atoms. The molecule has 0 unspecified atom stereocenters. The zero-order valence-corrected chi connectivity index (χ0v) is 9.90. The summed E-state index contributed by atoms with van der Waals surface area (Å²) in [6.07, 6.45) is 0. The molecule has 84 valence electrons. The molecule has 0 radical (unpaired) electrons. The van der Waals surface area contributed by atoms with E-state index in [1.807, 2.05) is 0 Å². The Labute approximate surface area is 91.9 Å². The minimum Gasteiger partial charge on any atom is -0.478 e. The fraction of sp³-hybridized carbons (Fsp3) is 0.462. The van der Waals surface area contributed by atoms with Crippen LogP contribution in [0.3, 0.4) is 0 Å². The van der Waals surface area contributed by atoms with Gasteiger partial charge < -0.3 is 5.11 Å². The molecule has 0 aliphatic rings. The Morgan fingerprint density at radius 1 is 1.00 bits per heavy atom. The van der Waals surface area contributed by atoms with E-state index in [1.165, 1.54) is 0 Å². The number of rotatable bonds is 2. The summed E-state index contributed by atoms with van der Waals surface area (Å²) < 4.78 is 0. The highest BCUT2D eigenvalue weighted by Crippen LogP contribution is 2.05. The van der Waals surface area contributed by atoms with Crippen molar-refractivity contribution in [3.63, 3.8) is 0 Å². The van der Waals surface area contributed by atoms with Crippen LogP contribution >= 0.6 is 0 Å². The van der Waals surface area contributed by atoms with E-state index in [-0.39, 0.29) is 0 Å². The van der Waals surface area contributed by atoms with Crippen molar-refractivity contribution in [2.75, 3.05) is 0 Å². The Morgan fingerprint density at radius 3 is 1.60 bits per heavy atom. The lowest BCUT2D eigenvalue weighted by Gasteiger charge is -2.05. The van der Waals surface area contributed by atoms with Gasteiger partial charge in [-0.05, 0) is 24.0 Å². The Bertz CT molecular complexity index is 270. The molecule has 0 saturated heterocycles. The molecular weight excluding hydrogens is 188 g/mol. The van der Waals surface area contributed by atoms with Gasteiger partial charge in [0.15, 0.2) is 0 Å². The maximum absolute atomic E-state index is 10.2. The highest BCUT2D eigenvalue weighted by atomic mass is 16.4. The zero-order valence-electron chi connectivity index (χ0n) is 9.90. The monoisotopic (exact) mass is 208 g/mol. The van der Waals surface area contributed by atoms with Crippen LogP contribution < -0.4 is 0 Å². The van der Waals surface area contributed by atoms with Gasteiger partial charge in [0.1, 0.15) is 0 Å². The van der Waals surface area contributed by atoms with Crippen LogP contribution in [0.1, 0.15) is 38.1 Å². The van der Waals surface area contributed by atoms with Crippen LogP contribution in [0, 0.1) is 11.8 Å². The quantitative estimate of drug-likeness (QED) is 0.805. The summed E-state index contributed by atoms with van der Waals surface area (Å²) in [4.78, 5) is 10.2. The second kappa shape index (κ2) is 7.04. The third-order valence-corrected chi connectivity index (χ3v) is 2.35. The van der Waals surface area contributed by atoms with Gasteiger partial charge in [0.25, 0.3) is 0 Å². The number of hydrogen-bond donors (Lipinski definition) is 1. The molecule has 1 aromatic rings. The van der Waals surface area contributed by atoms with Crippen LogP contribution in [0.5, 0.6) is 0 Å². The van der Waals surface area contributed by atoms with Gasteiger partial charge in [-0.25, -0.2) is 4.79 Å². The van der Waals surface area contributed by atoms with Gasteiger partial charge in [0.2, 0.25) is 0 Å². The molecule has 0 aliphatic heterocycles. The predicted molar refractivity (Wildman–Crippen MR) is 63.1 cm³/mol. The summed E-state index contributed by atoms with van der Waals surface area (Å²) in [5.41, 5.74) is 0.331. The fourth-order valence-electron chi connectivity index (χ4n) is 0.581. The van der Waals surface area contributed by atoms with Crippen molar-refractivity contribution in [1.29, 1.82) is 0 Å². The topological polar surface area (TPSA) is 37.3 Å². The first kappa shape index (κ1) is 13.7. The van der Waals surface area contributed by atoms with Crippen LogP contribution in [0.25, 0.3) is 0 Å². The molecule has 1 rings (SSSR count). The molecule has 0 amide bonds. The molecule has 0 bridgehead atoms. The van der Waals surface area contributed by atoms with Crippen LogP contribution in [0.2, 0.25) is 0 Å². The molecule has 2 heteroatoms. The number of hydrogen-bond acceptors (Lipinski definition) is 1. The maximum atomic E-state index is 10.2. The molecule has 0 heterocycles. The number of carboxylic acid groups (broad SMARTS) is 1. The van der Waals surface area contributed by atoms with Crippen molar-refractivity contribution >= 4 is 5.97 Å².